The number of benzene rings is 2. The maximum Gasteiger partial charge on any atom is 0.250 e. The molecular weight excluding hydrogens is 408 g/mol. The number of aromatic nitrogens is 3. The van der Waals surface area contributed by atoms with Crippen LogP contribution in [0.4, 0.5) is 5.95 Å². The van der Waals surface area contributed by atoms with Crippen LogP contribution in [0.5, 0.6) is 5.75 Å². The third kappa shape index (κ3) is 5.79. The number of nitrogens with zero attached hydrogens (tertiary/aromatic N) is 3. The van der Waals surface area contributed by atoms with Gasteiger partial charge in [-0.1, -0.05) is 40.2 Å². The van der Waals surface area contributed by atoms with Crippen LogP contribution in [0.25, 0.3) is 6.08 Å². The van der Waals surface area contributed by atoms with Gasteiger partial charge in [0.1, 0.15) is 12.1 Å². The highest BCUT2D eigenvalue weighted by Crippen LogP contribution is 2.13. The van der Waals surface area contributed by atoms with Crippen LogP contribution in [-0.2, 0) is 11.3 Å². The first-order valence-electron chi connectivity index (χ1n) is 8.48. The Bertz CT molecular complexity index is 918. The second kappa shape index (κ2) is 9.14. The molecule has 1 N–H and O–H groups in total. The van der Waals surface area contributed by atoms with Crippen LogP contribution in [0, 0.1) is 0 Å². The van der Waals surface area contributed by atoms with Gasteiger partial charge in [0, 0.05) is 10.5 Å². The van der Waals surface area contributed by atoms with Crippen LogP contribution >= 0.6 is 15.9 Å². The predicted molar refractivity (Wildman–Crippen MR) is 109 cm³/mol. The number of rotatable bonds is 7. The molecule has 0 saturated carbocycles. The van der Waals surface area contributed by atoms with Gasteiger partial charge < -0.3 is 4.74 Å². The molecule has 3 rings (SSSR count). The van der Waals surface area contributed by atoms with E-state index in [0.29, 0.717) is 13.2 Å². The van der Waals surface area contributed by atoms with Crippen molar-refractivity contribution in [3.8, 4) is 5.75 Å². The first kappa shape index (κ1) is 18.8. The van der Waals surface area contributed by atoms with E-state index in [2.05, 4.69) is 31.3 Å². The van der Waals surface area contributed by atoms with E-state index >= 15 is 0 Å². The van der Waals surface area contributed by atoms with Crippen molar-refractivity contribution in [3.63, 3.8) is 0 Å². The van der Waals surface area contributed by atoms with E-state index in [1.54, 1.807) is 17.1 Å². The van der Waals surface area contributed by atoms with Gasteiger partial charge in [-0.05, 0) is 48.4 Å². The van der Waals surface area contributed by atoms with E-state index in [-0.39, 0.29) is 11.9 Å². The standard InChI is InChI=1S/C20H19BrN4O2/c1-2-27-18-10-5-15(6-11-18)7-12-19(26)23-20-22-14-25(24-20)13-16-3-8-17(21)9-4-16/h3-12,14H,2,13H2,1H3,(H,23,24,26)/b12-7+. The number of amides is 1. The summed E-state index contributed by atoms with van der Waals surface area (Å²) >= 11 is 3.41. The number of hydrogen-bond donors (Lipinski definition) is 1. The number of hydrogen-bond acceptors (Lipinski definition) is 4. The lowest BCUT2D eigenvalue weighted by Crippen LogP contribution is -2.10. The summed E-state index contributed by atoms with van der Waals surface area (Å²) in [6.45, 7) is 3.14. The Morgan fingerprint density at radius 3 is 2.63 bits per heavy atom. The summed E-state index contributed by atoms with van der Waals surface area (Å²) in [5.74, 6) is 0.790. The largest absolute Gasteiger partial charge is 0.494 e. The van der Waals surface area contributed by atoms with Crippen molar-refractivity contribution < 1.29 is 9.53 Å². The SMILES string of the molecule is CCOc1ccc(/C=C/C(=O)Nc2ncn(Cc3ccc(Br)cc3)n2)cc1. The number of carbonyl (C=O) groups is 1. The Labute approximate surface area is 166 Å². The molecule has 1 amide bonds. The van der Waals surface area contributed by atoms with Crippen molar-refractivity contribution in [3.05, 3.63) is 76.5 Å². The zero-order valence-electron chi connectivity index (χ0n) is 14.8. The first-order chi connectivity index (χ1) is 13.1. The normalized spacial score (nSPS) is 10.9. The average molecular weight is 427 g/mol. The van der Waals surface area contributed by atoms with Crippen LogP contribution in [0.2, 0.25) is 0 Å². The molecule has 3 aromatic rings. The van der Waals surface area contributed by atoms with Gasteiger partial charge in [-0.2, -0.15) is 0 Å². The predicted octanol–water partition coefficient (Wildman–Crippen LogP) is 4.14. The molecule has 0 aliphatic heterocycles. The van der Waals surface area contributed by atoms with Crippen LogP contribution in [0.3, 0.4) is 0 Å². The van der Waals surface area contributed by atoms with Gasteiger partial charge in [0.15, 0.2) is 0 Å². The van der Waals surface area contributed by atoms with E-state index in [1.807, 2.05) is 55.5 Å². The second-order valence-electron chi connectivity index (χ2n) is 5.72. The first-order valence-corrected chi connectivity index (χ1v) is 9.27. The smallest absolute Gasteiger partial charge is 0.250 e. The molecule has 7 heteroatoms. The maximum atomic E-state index is 12.0. The van der Waals surface area contributed by atoms with Gasteiger partial charge >= 0.3 is 0 Å². The quantitative estimate of drug-likeness (QED) is 0.576. The molecule has 138 valence electrons. The Balaban J connectivity index is 1.54. The van der Waals surface area contributed by atoms with E-state index < -0.39 is 0 Å². The van der Waals surface area contributed by atoms with Gasteiger partial charge in [0.2, 0.25) is 5.95 Å². The molecule has 1 aromatic heterocycles. The van der Waals surface area contributed by atoms with Gasteiger partial charge in [-0.25, -0.2) is 9.67 Å². The minimum atomic E-state index is -0.287. The minimum absolute atomic E-state index is 0.272. The molecule has 0 unspecified atom stereocenters. The van der Waals surface area contributed by atoms with Crippen molar-refractivity contribution in [1.29, 1.82) is 0 Å². The lowest BCUT2D eigenvalue weighted by Gasteiger charge is -2.02. The molecular formula is C20H19BrN4O2. The fraction of sp³-hybridized carbons (Fsp3) is 0.150. The summed E-state index contributed by atoms with van der Waals surface area (Å²) in [7, 11) is 0. The number of nitrogens with one attached hydrogen (secondary N) is 1. The van der Waals surface area contributed by atoms with Crippen LogP contribution in [-0.4, -0.2) is 27.3 Å². The molecule has 0 bridgehead atoms. The zero-order valence-corrected chi connectivity index (χ0v) is 16.4. The molecule has 0 aliphatic carbocycles. The van der Waals surface area contributed by atoms with E-state index in [4.69, 9.17) is 4.74 Å². The lowest BCUT2D eigenvalue weighted by molar-refractivity contribution is -0.111. The monoisotopic (exact) mass is 426 g/mol. The molecule has 1 heterocycles. The molecule has 2 aromatic carbocycles. The third-order valence-corrected chi connectivity index (χ3v) is 4.18. The van der Waals surface area contributed by atoms with E-state index in [0.717, 1.165) is 21.3 Å². The molecule has 27 heavy (non-hydrogen) atoms. The van der Waals surface area contributed by atoms with Gasteiger partial charge in [-0.3, -0.25) is 10.1 Å². The topological polar surface area (TPSA) is 69.0 Å². The van der Waals surface area contributed by atoms with E-state index in [9.17, 15) is 4.79 Å². The fourth-order valence-corrected chi connectivity index (χ4v) is 2.63. The third-order valence-electron chi connectivity index (χ3n) is 3.65. The molecule has 0 spiro atoms. The van der Waals surface area contributed by atoms with Crippen molar-refractivity contribution in [2.45, 2.75) is 13.5 Å². The number of ether oxygens (including phenoxy) is 1. The van der Waals surface area contributed by atoms with E-state index in [1.165, 1.54) is 6.08 Å². The van der Waals surface area contributed by atoms with Crippen LogP contribution < -0.4 is 10.1 Å². The fourth-order valence-electron chi connectivity index (χ4n) is 2.37. The summed E-state index contributed by atoms with van der Waals surface area (Å²) in [5, 5.41) is 6.92. The summed E-state index contributed by atoms with van der Waals surface area (Å²) < 4.78 is 8.09. The summed E-state index contributed by atoms with van der Waals surface area (Å²) in [6, 6.07) is 15.5. The van der Waals surface area contributed by atoms with Gasteiger partial charge in [0.05, 0.1) is 13.2 Å². The Kier molecular flexibility index (Phi) is 6.38. The van der Waals surface area contributed by atoms with Gasteiger partial charge in [0.25, 0.3) is 5.91 Å². The number of halogens is 1. The zero-order chi connectivity index (χ0) is 19.1. The Morgan fingerprint density at radius 1 is 1.19 bits per heavy atom. The average Bonchev–Trinajstić information content (AvgIpc) is 3.10. The number of carbonyl (C=O) groups excluding carboxylic acids is 1. The van der Waals surface area contributed by atoms with Crippen molar-refractivity contribution in [2.75, 3.05) is 11.9 Å². The summed E-state index contributed by atoms with van der Waals surface area (Å²) in [6.07, 6.45) is 4.77. The highest BCUT2D eigenvalue weighted by Gasteiger charge is 2.04. The molecule has 0 aliphatic rings. The van der Waals surface area contributed by atoms with Gasteiger partial charge in [-0.15, -0.1) is 5.10 Å². The van der Waals surface area contributed by atoms with Crippen molar-refractivity contribution in [1.82, 2.24) is 14.8 Å². The van der Waals surface area contributed by atoms with Crippen LogP contribution in [0.15, 0.2) is 65.4 Å². The maximum absolute atomic E-state index is 12.0. The molecule has 0 radical (unpaired) electrons. The Morgan fingerprint density at radius 2 is 1.93 bits per heavy atom. The van der Waals surface area contributed by atoms with Crippen LogP contribution in [0.1, 0.15) is 18.1 Å². The lowest BCUT2D eigenvalue weighted by atomic mass is 10.2. The Hall–Kier alpha value is -2.93. The highest BCUT2D eigenvalue weighted by molar-refractivity contribution is 9.10. The van der Waals surface area contributed by atoms with Crippen molar-refractivity contribution >= 4 is 33.9 Å². The molecule has 0 saturated heterocycles. The second-order valence-corrected chi connectivity index (χ2v) is 6.63. The molecule has 0 atom stereocenters. The summed E-state index contributed by atoms with van der Waals surface area (Å²) in [4.78, 5) is 16.2. The summed E-state index contributed by atoms with van der Waals surface area (Å²) in [5.41, 5.74) is 2.00. The highest BCUT2D eigenvalue weighted by atomic mass is 79.9. The van der Waals surface area contributed by atoms with Crippen molar-refractivity contribution in [2.24, 2.45) is 0 Å². The minimum Gasteiger partial charge on any atom is -0.494 e. The number of anilines is 1. The molecule has 6 nitrogen and oxygen atoms in total. The molecule has 0 fully saturated rings.